The standard InChI is InChI=1S/C18H20N4OS2/c1-11-5-7-14(8-6-11)15-9-24-18(19-15)25-10-16(23)20-17-12(2)21-22(4)13(17)3/h5-9H,10H2,1-4H3,(H,20,23). The predicted octanol–water partition coefficient (Wildman–Crippen LogP) is 4.20. The molecule has 1 amide bonds. The molecule has 2 heterocycles. The molecule has 1 aromatic carbocycles. The van der Waals surface area contributed by atoms with E-state index in [2.05, 4.69) is 46.6 Å². The number of hydrogen-bond acceptors (Lipinski definition) is 5. The van der Waals surface area contributed by atoms with Crippen molar-refractivity contribution in [2.75, 3.05) is 11.1 Å². The van der Waals surface area contributed by atoms with Crippen molar-refractivity contribution in [3.8, 4) is 11.3 Å². The number of hydrogen-bond donors (Lipinski definition) is 1. The van der Waals surface area contributed by atoms with E-state index in [9.17, 15) is 4.79 Å². The van der Waals surface area contributed by atoms with Gasteiger partial charge in [-0.2, -0.15) is 5.10 Å². The van der Waals surface area contributed by atoms with Crippen LogP contribution >= 0.6 is 23.1 Å². The summed E-state index contributed by atoms with van der Waals surface area (Å²) < 4.78 is 2.66. The van der Waals surface area contributed by atoms with Crippen LogP contribution in [0.4, 0.5) is 5.69 Å². The van der Waals surface area contributed by atoms with Crippen LogP contribution in [0.5, 0.6) is 0 Å². The molecular weight excluding hydrogens is 352 g/mol. The van der Waals surface area contributed by atoms with E-state index in [1.54, 1.807) is 16.0 Å². The maximum atomic E-state index is 12.2. The van der Waals surface area contributed by atoms with Gasteiger partial charge in [0, 0.05) is 18.0 Å². The van der Waals surface area contributed by atoms with E-state index in [0.29, 0.717) is 5.75 Å². The van der Waals surface area contributed by atoms with Gasteiger partial charge in [-0.25, -0.2) is 4.98 Å². The third-order valence-electron chi connectivity index (χ3n) is 3.93. The molecule has 2 aromatic heterocycles. The van der Waals surface area contributed by atoms with Crippen molar-refractivity contribution in [1.29, 1.82) is 0 Å². The predicted molar refractivity (Wildman–Crippen MR) is 104 cm³/mol. The zero-order chi connectivity index (χ0) is 18.0. The maximum absolute atomic E-state index is 12.2. The molecule has 5 nitrogen and oxygen atoms in total. The minimum Gasteiger partial charge on any atom is -0.322 e. The van der Waals surface area contributed by atoms with Crippen LogP contribution in [0, 0.1) is 20.8 Å². The Hall–Kier alpha value is -2.12. The molecule has 0 unspecified atom stereocenters. The molecule has 0 fully saturated rings. The lowest BCUT2D eigenvalue weighted by molar-refractivity contribution is -0.113. The molecule has 0 aliphatic rings. The number of anilines is 1. The first-order chi connectivity index (χ1) is 11.9. The first-order valence-electron chi connectivity index (χ1n) is 7.89. The van der Waals surface area contributed by atoms with Gasteiger partial charge in [0.15, 0.2) is 4.34 Å². The fourth-order valence-electron chi connectivity index (χ4n) is 2.44. The van der Waals surface area contributed by atoms with E-state index in [4.69, 9.17) is 0 Å². The molecule has 0 aliphatic heterocycles. The van der Waals surface area contributed by atoms with Gasteiger partial charge in [0.1, 0.15) is 0 Å². The number of carbonyl (C=O) groups is 1. The monoisotopic (exact) mass is 372 g/mol. The number of aryl methyl sites for hydroxylation is 3. The highest BCUT2D eigenvalue weighted by Crippen LogP contribution is 2.28. The summed E-state index contributed by atoms with van der Waals surface area (Å²) in [5.74, 6) is 0.283. The Morgan fingerprint density at radius 3 is 2.60 bits per heavy atom. The highest BCUT2D eigenvalue weighted by Gasteiger charge is 2.13. The lowest BCUT2D eigenvalue weighted by Gasteiger charge is -2.04. The molecule has 0 saturated heterocycles. The molecule has 1 N–H and O–H groups in total. The number of benzene rings is 1. The number of nitrogens with zero attached hydrogens (tertiary/aromatic N) is 3. The van der Waals surface area contributed by atoms with Gasteiger partial charge in [-0.3, -0.25) is 9.48 Å². The summed E-state index contributed by atoms with van der Waals surface area (Å²) in [6, 6.07) is 8.29. The Balaban J connectivity index is 1.60. The Bertz CT molecular complexity index is 896. The van der Waals surface area contributed by atoms with Gasteiger partial charge in [-0.05, 0) is 20.8 Å². The molecule has 3 aromatic rings. The molecule has 0 bridgehead atoms. The first kappa shape index (κ1) is 17.7. The van der Waals surface area contributed by atoms with Crippen LogP contribution < -0.4 is 5.32 Å². The van der Waals surface area contributed by atoms with Gasteiger partial charge in [0.05, 0.1) is 28.5 Å². The summed E-state index contributed by atoms with van der Waals surface area (Å²) in [5.41, 5.74) is 5.85. The minimum absolute atomic E-state index is 0.0451. The molecule has 7 heteroatoms. The van der Waals surface area contributed by atoms with Crippen molar-refractivity contribution in [2.45, 2.75) is 25.1 Å². The summed E-state index contributed by atoms with van der Waals surface area (Å²) >= 11 is 3.02. The van der Waals surface area contributed by atoms with E-state index in [1.165, 1.54) is 17.3 Å². The molecule has 0 aliphatic carbocycles. The van der Waals surface area contributed by atoms with Gasteiger partial charge in [-0.1, -0.05) is 41.6 Å². The zero-order valence-corrected chi connectivity index (χ0v) is 16.3. The van der Waals surface area contributed by atoms with Crippen molar-refractivity contribution in [3.05, 3.63) is 46.6 Å². The van der Waals surface area contributed by atoms with Gasteiger partial charge in [0.25, 0.3) is 0 Å². The van der Waals surface area contributed by atoms with Gasteiger partial charge in [0.2, 0.25) is 5.91 Å². The summed E-state index contributed by atoms with van der Waals surface area (Å²) in [6.45, 7) is 5.90. The largest absolute Gasteiger partial charge is 0.322 e. The highest BCUT2D eigenvalue weighted by atomic mass is 32.2. The van der Waals surface area contributed by atoms with E-state index >= 15 is 0 Å². The number of carbonyl (C=O) groups excluding carboxylic acids is 1. The maximum Gasteiger partial charge on any atom is 0.234 e. The van der Waals surface area contributed by atoms with Gasteiger partial charge >= 0.3 is 0 Å². The quantitative estimate of drug-likeness (QED) is 0.682. The fourth-order valence-corrected chi connectivity index (χ4v) is 4.07. The molecule has 130 valence electrons. The Labute approximate surface area is 155 Å². The van der Waals surface area contributed by atoms with E-state index < -0.39 is 0 Å². The van der Waals surface area contributed by atoms with Crippen LogP contribution in [-0.4, -0.2) is 26.4 Å². The van der Waals surface area contributed by atoms with Crippen LogP contribution in [0.15, 0.2) is 34.0 Å². The van der Waals surface area contributed by atoms with Crippen LogP contribution in [0.3, 0.4) is 0 Å². The Morgan fingerprint density at radius 1 is 1.24 bits per heavy atom. The number of rotatable bonds is 5. The number of thiazole rings is 1. The Morgan fingerprint density at radius 2 is 1.96 bits per heavy atom. The smallest absolute Gasteiger partial charge is 0.234 e. The number of amides is 1. The van der Waals surface area contributed by atoms with Gasteiger partial charge in [-0.15, -0.1) is 11.3 Å². The second-order valence-electron chi connectivity index (χ2n) is 5.87. The average molecular weight is 373 g/mol. The van der Waals surface area contributed by atoms with Crippen LogP contribution in [0.2, 0.25) is 0 Å². The zero-order valence-electron chi connectivity index (χ0n) is 14.7. The summed E-state index contributed by atoms with van der Waals surface area (Å²) in [5, 5.41) is 9.29. The van der Waals surface area contributed by atoms with Crippen molar-refractivity contribution < 1.29 is 4.79 Å². The lowest BCUT2D eigenvalue weighted by Crippen LogP contribution is -2.15. The second kappa shape index (κ2) is 7.41. The van der Waals surface area contributed by atoms with Crippen LogP contribution in [0.1, 0.15) is 17.0 Å². The van der Waals surface area contributed by atoms with Crippen molar-refractivity contribution in [1.82, 2.24) is 14.8 Å². The molecule has 0 atom stereocenters. The molecule has 3 rings (SSSR count). The van der Waals surface area contributed by atoms with Gasteiger partial charge < -0.3 is 5.32 Å². The SMILES string of the molecule is Cc1ccc(-c2csc(SCC(=O)Nc3c(C)nn(C)c3C)n2)cc1. The number of thioether (sulfide) groups is 1. The molecule has 0 radical (unpaired) electrons. The second-order valence-corrected chi connectivity index (χ2v) is 7.95. The summed E-state index contributed by atoms with van der Waals surface area (Å²) in [4.78, 5) is 16.8. The third-order valence-corrected chi connectivity index (χ3v) is 5.95. The first-order valence-corrected chi connectivity index (χ1v) is 9.76. The Kier molecular flexibility index (Phi) is 5.24. The van der Waals surface area contributed by atoms with E-state index in [0.717, 1.165) is 32.7 Å². The topological polar surface area (TPSA) is 59.8 Å². The van der Waals surface area contributed by atoms with Crippen LogP contribution in [0.25, 0.3) is 11.3 Å². The average Bonchev–Trinajstić information content (AvgIpc) is 3.14. The normalized spacial score (nSPS) is 10.9. The minimum atomic E-state index is -0.0451. The number of aromatic nitrogens is 3. The fraction of sp³-hybridized carbons (Fsp3) is 0.278. The van der Waals surface area contributed by atoms with Crippen molar-refractivity contribution in [3.63, 3.8) is 0 Å². The lowest BCUT2D eigenvalue weighted by atomic mass is 10.1. The molecular formula is C18H20N4OS2. The van der Waals surface area contributed by atoms with Crippen molar-refractivity contribution >= 4 is 34.7 Å². The summed E-state index contributed by atoms with van der Waals surface area (Å²) in [7, 11) is 1.87. The summed E-state index contributed by atoms with van der Waals surface area (Å²) in [6.07, 6.45) is 0. The molecule has 0 spiro atoms. The van der Waals surface area contributed by atoms with Crippen LogP contribution in [-0.2, 0) is 11.8 Å². The van der Waals surface area contributed by atoms with E-state index in [-0.39, 0.29) is 5.91 Å². The molecule has 0 saturated carbocycles. The highest BCUT2D eigenvalue weighted by molar-refractivity contribution is 8.01. The van der Waals surface area contributed by atoms with Crippen molar-refractivity contribution in [2.24, 2.45) is 7.05 Å². The molecule has 25 heavy (non-hydrogen) atoms. The van der Waals surface area contributed by atoms with E-state index in [1.807, 2.05) is 26.3 Å². The third kappa shape index (κ3) is 4.11. The number of nitrogens with one attached hydrogen (secondary N) is 1.